The summed E-state index contributed by atoms with van der Waals surface area (Å²) in [5.41, 5.74) is 0. The Bertz CT molecular complexity index is 574. The molecule has 1 heterocycles. The van der Waals surface area contributed by atoms with Crippen LogP contribution in [0.2, 0.25) is 0 Å². The monoisotopic (exact) mass is 361 g/mol. The number of halogens is 1. The molecule has 0 bridgehead atoms. The Morgan fingerprint density at radius 1 is 1.30 bits per heavy atom. The summed E-state index contributed by atoms with van der Waals surface area (Å²) in [7, 11) is -2.03. The highest BCUT2D eigenvalue weighted by Gasteiger charge is 2.32. The van der Waals surface area contributed by atoms with E-state index in [1.54, 1.807) is 22.5 Å². The number of sulfonamides is 1. The maximum Gasteiger partial charge on any atom is 0.247 e. The fraction of sp³-hybridized carbons (Fsp3) is 0.571. The zero-order chi connectivity index (χ0) is 14.8. The molecule has 0 saturated carbocycles. The molecule has 6 heteroatoms. The predicted octanol–water partition coefficient (Wildman–Crippen LogP) is 3.41. The van der Waals surface area contributed by atoms with Crippen LogP contribution >= 0.6 is 15.9 Å². The molecule has 112 valence electrons. The van der Waals surface area contributed by atoms with Crippen LogP contribution in [0.5, 0.6) is 5.75 Å². The number of rotatable bonds is 3. The first-order chi connectivity index (χ1) is 9.46. The fourth-order valence-corrected chi connectivity index (χ4v) is 4.98. The van der Waals surface area contributed by atoms with Crippen LogP contribution in [-0.2, 0) is 10.0 Å². The topological polar surface area (TPSA) is 46.6 Å². The van der Waals surface area contributed by atoms with E-state index < -0.39 is 10.0 Å². The second-order valence-electron chi connectivity index (χ2n) is 5.11. The lowest BCUT2D eigenvalue weighted by Gasteiger charge is -2.27. The van der Waals surface area contributed by atoms with Crippen LogP contribution in [0.25, 0.3) is 0 Å². The Morgan fingerprint density at radius 2 is 2.05 bits per heavy atom. The smallest absolute Gasteiger partial charge is 0.247 e. The minimum Gasteiger partial charge on any atom is -0.495 e. The number of nitrogens with zero attached hydrogens (tertiary/aromatic N) is 1. The van der Waals surface area contributed by atoms with E-state index in [4.69, 9.17) is 4.74 Å². The van der Waals surface area contributed by atoms with E-state index in [2.05, 4.69) is 15.9 Å². The number of hydrogen-bond acceptors (Lipinski definition) is 3. The minimum atomic E-state index is -3.52. The molecule has 1 fully saturated rings. The lowest BCUT2D eigenvalue weighted by atomic mass is 10.1. The van der Waals surface area contributed by atoms with E-state index >= 15 is 0 Å². The third kappa shape index (κ3) is 3.18. The van der Waals surface area contributed by atoms with Gasteiger partial charge in [-0.15, -0.1) is 0 Å². The van der Waals surface area contributed by atoms with Crippen molar-refractivity contribution in [2.24, 2.45) is 0 Å². The normalized spacial score (nSPS) is 21.4. The van der Waals surface area contributed by atoms with Gasteiger partial charge in [0, 0.05) is 17.1 Å². The van der Waals surface area contributed by atoms with Gasteiger partial charge in [-0.3, -0.25) is 0 Å². The molecule has 1 unspecified atom stereocenters. The van der Waals surface area contributed by atoms with E-state index in [0.29, 0.717) is 12.3 Å². The molecule has 0 amide bonds. The summed E-state index contributed by atoms with van der Waals surface area (Å²) < 4.78 is 33.4. The second kappa shape index (κ2) is 6.45. The van der Waals surface area contributed by atoms with Crippen LogP contribution in [0.1, 0.15) is 32.6 Å². The molecule has 0 aliphatic carbocycles. The quantitative estimate of drug-likeness (QED) is 0.828. The van der Waals surface area contributed by atoms with Gasteiger partial charge in [0.1, 0.15) is 10.6 Å². The van der Waals surface area contributed by atoms with E-state index in [9.17, 15) is 8.42 Å². The second-order valence-corrected chi connectivity index (χ2v) is 7.88. The number of benzene rings is 1. The first kappa shape index (κ1) is 15.8. The average molecular weight is 362 g/mol. The number of methoxy groups -OCH3 is 1. The third-order valence-corrected chi connectivity index (χ3v) is 6.23. The highest BCUT2D eigenvalue weighted by atomic mass is 79.9. The van der Waals surface area contributed by atoms with Gasteiger partial charge in [0.25, 0.3) is 0 Å². The van der Waals surface area contributed by atoms with E-state index in [1.807, 2.05) is 6.92 Å². The molecule has 1 aromatic rings. The SMILES string of the molecule is COc1ccc(Br)cc1S(=O)(=O)N1CCCCCC1C. The first-order valence-electron chi connectivity index (χ1n) is 6.82. The van der Waals surface area contributed by atoms with Crippen LogP contribution in [0, 0.1) is 0 Å². The zero-order valence-corrected chi connectivity index (χ0v) is 14.2. The van der Waals surface area contributed by atoms with Gasteiger partial charge in [0.2, 0.25) is 10.0 Å². The van der Waals surface area contributed by atoms with Crippen molar-refractivity contribution in [2.45, 2.75) is 43.5 Å². The number of ether oxygens (including phenoxy) is 1. The summed E-state index contributed by atoms with van der Waals surface area (Å²) in [4.78, 5) is 0.239. The molecule has 1 atom stereocenters. The summed E-state index contributed by atoms with van der Waals surface area (Å²) in [5, 5.41) is 0. The summed E-state index contributed by atoms with van der Waals surface area (Å²) >= 11 is 3.33. The van der Waals surface area contributed by atoms with Crippen LogP contribution in [0.15, 0.2) is 27.6 Å². The van der Waals surface area contributed by atoms with E-state index in [0.717, 1.165) is 30.2 Å². The molecule has 1 aliphatic heterocycles. The largest absolute Gasteiger partial charge is 0.495 e. The number of hydrogen-bond donors (Lipinski definition) is 0. The molecule has 1 aliphatic rings. The summed E-state index contributed by atoms with van der Waals surface area (Å²) in [5.74, 6) is 0.393. The van der Waals surface area contributed by atoms with Crippen molar-refractivity contribution in [3.63, 3.8) is 0 Å². The maximum atomic E-state index is 12.9. The van der Waals surface area contributed by atoms with E-state index in [-0.39, 0.29) is 10.9 Å². The zero-order valence-electron chi connectivity index (χ0n) is 11.8. The van der Waals surface area contributed by atoms with Gasteiger partial charge in [-0.25, -0.2) is 8.42 Å². The molecule has 0 spiro atoms. The molecular formula is C14H20BrNO3S. The van der Waals surface area contributed by atoms with Gasteiger partial charge in [-0.1, -0.05) is 28.8 Å². The molecule has 0 N–H and O–H groups in total. The Kier molecular flexibility index (Phi) is 5.09. The van der Waals surface area contributed by atoms with Crippen LogP contribution < -0.4 is 4.74 Å². The summed E-state index contributed by atoms with van der Waals surface area (Å²) in [6.45, 7) is 2.56. The maximum absolute atomic E-state index is 12.9. The van der Waals surface area contributed by atoms with Crippen molar-refractivity contribution in [1.29, 1.82) is 0 Å². The Labute approximate surface area is 129 Å². The Balaban J connectivity index is 2.45. The molecule has 1 aromatic carbocycles. The van der Waals surface area contributed by atoms with Crippen LogP contribution in [0.3, 0.4) is 0 Å². The molecular weight excluding hydrogens is 342 g/mol. The Hall–Kier alpha value is -0.590. The lowest BCUT2D eigenvalue weighted by Crippen LogP contribution is -2.38. The standard InChI is InChI=1S/C14H20BrNO3S/c1-11-6-4-3-5-9-16(11)20(17,18)14-10-12(15)7-8-13(14)19-2/h7-8,10-11H,3-6,9H2,1-2H3. The molecule has 20 heavy (non-hydrogen) atoms. The van der Waals surface area contributed by atoms with Gasteiger partial charge in [-0.05, 0) is 38.0 Å². The van der Waals surface area contributed by atoms with Crippen molar-refractivity contribution in [3.8, 4) is 5.75 Å². The van der Waals surface area contributed by atoms with Crippen molar-refractivity contribution in [1.82, 2.24) is 4.31 Å². The molecule has 4 nitrogen and oxygen atoms in total. The molecule has 1 saturated heterocycles. The highest BCUT2D eigenvalue weighted by molar-refractivity contribution is 9.10. The van der Waals surface area contributed by atoms with Crippen molar-refractivity contribution >= 4 is 26.0 Å². The van der Waals surface area contributed by atoms with E-state index in [1.165, 1.54) is 7.11 Å². The third-order valence-electron chi connectivity index (χ3n) is 3.70. The van der Waals surface area contributed by atoms with Crippen LogP contribution in [0.4, 0.5) is 0 Å². The molecule has 0 aromatic heterocycles. The first-order valence-corrected chi connectivity index (χ1v) is 9.05. The predicted molar refractivity (Wildman–Crippen MR) is 82.5 cm³/mol. The molecule has 2 rings (SSSR count). The summed E-state index contributed by atoms with van der Waals surface area (Å²) in [6, 6.07) is 5.11. The Morgan fingerprint density at radius 3 is 2.75 bits per heavy atom. The van der Waals surface area contributed by atoms with Gasteiger partial charge < -0.3 is 4.74 Å². The fourth-order valence-electron chi connectivity index (χ4n) is 2.58. The average Bonchev–Trinajstić information content (AvgIpc) is 2.63. The van der Waals surface area contributed by atoms with Crippen molar-refractivity contribution in [3.05, 3.63) is 22.7 Å². The van der Waals surface area contributed by atoms with Gasteiger partial charge in [0.15, 0.2) is 0 Å². The lowest BCUT2D eigenvalue weighted by molar-refractivity contribution is 0.338. The molecule has 0 radical (unpaired) electrons. The summed E-state index contributed by atoms with van der Waals surface area (Å²) in [6.07, 6.45) is 4.00. The van der Waals surface area contributed by atoms with Gasteiger partial charge in [0.05, 0.1) is 7.11 Å². The van der Waals surface area contributed by atoms with Gasteiger partial charge >= 0.3 is 0 Å². The van der Waals surface area contributed by atoms with Gasteiger partial charge in [-0.2, -0.15) is 4.31 Å². The van der Waals surface area contributed by atoms with Crippen LogP contribution in [-0.4, -0.2) is 32.4 Å². The minimum absolute atomic E-state index is 0.0335. The van der Waals surface area contributed by atoms with Crippen molar-refractivity contribution in [2.75, 3.05) is 13.7 Å². The highest BCUT2D eigenvalue weighted by Crippen LogP contribution is 2.32. The van der Waals surface area contributed by atoms with Crippen molar-refractivity contribution < 1.29 is 13.2 Å².